The molecule has 1 aromatic heterocycles. The summed E-state index contributed by atoms with van der Waals surface area (Å²) < 4.78 is 0. The van der Waals surface area contributed by atoms with E-state index in [1.165, 1.54) is 0 Å². The molecule has 0 spiro atoms. The Morgan fingerprint density at radius 2 is 2.08 bits per heavy atom. The van der Waals surface area contributed by atoms with Crippen molar-refractivity contribution in [3.63, 3.8) is 0 Å². The average Bonchev–Trinajstić information content (AvgIpc) is 2.03. The van der Waals surface area contributed by atoms with Crippen molar-refractivity contribution in [3.8, 4) is 0 Å². The molecule has 72 valence electrons. The smallest absolute Gasteiger partial charge is 0.133 e. The zero-order valence-electron chi connectivity index (χ0n) is 8.54. The van der Waals surface area contributed by atoms with Crippen LogP contribution >= 0.6 is 0 Å². The Morgan fingerprint density at radius 3 is 2.62 bits per heavy atom. The second kappa shape index (κ2) is 4.21. The fourth-order valence-electron chi connectivity index (χ4n) is 1.18. The van der Waals surface area contributed by atoms with Gasteiger partial charge in [-0.15, -0.1) is 0 Å². The van der Waals surface area contributed by atoms with E-state index in [1.54, 1.807) is 0 Å². The van der Waals surface area contributed by atoms with Gasteiger partial charge >= 0.3 is 0 Å². The minimum atomic E-state index is 0.346. The monoisotopic (exact) mass is 179 g/mol. The van der Waals surface area contributed by atoms with Gasteiger partial charge in [-0.3, -0.25) is 0 Å². The maximum Gasteiger partial charge on any atom is 0.133 e. The van der Waals surface area contributed by atoms with Crippen LogP contribution < -0.4 is 5.73 Å². The number of nitrogens with zero attached hydrogens (tertiary/aromatic N) is 2. The maximum atomic E-state index is 5.68. The molecule has 3 heteroatoms. The Bertz CT molecular complexity index is 281. The Labute approximate surface area is 79.4 Å². The SMILES string of the molecule is CCCc1cc(N)nc(C(C)C)n1. The zero-order chi connectivity index (χ0) is 9.84. The van der Waals surface area contributed by atoms with Crippen molar-refractivity contribution in [3.05, 3.63) is 17.6 Å². The molecule has 0 saturated heterocycles. The van der Waals surface area contributed by atoms with Crippen molar-refractivity contribution in [1.29, 1.82) is 0 Å². The normalized spacial score (nSPS) is 10.8. The molecule has 1 aromatic rings. The van der Waals surface area contributed by atoms with Crippen molar-refractivity contribution in [2.45, 2.75) is 39.5 Å². The predicted molar refractivity (Wildman–Crippen MR) is 54.5 cm³/mol. The van der Waals surface area contributed by atoms with E-state index in [2.05, 4.69) is 30.7 Å². The van der Waals surface area contributed by atoms with Gasteiger partial charge in [0, 0.05) is 17.7 Å². The highest BCUT2D eigenvalue weighted by molar-refractivity contribution is 5.30. The highest BCUT2D eigenvalue weighted by Gasteiger charge is 2.05. The molecular formula is C10H17N3. The average molecular weight is 179 g/mol. The number of aryl methyl sites for hydroxylation is 1. The lowest BCUT2D eigenvalue weighted by Crippen LogP contribution is -2.04. The molecule has 13 heavy (non-hydrogen) atoms. The molecule has 0 aliphatic rings. The van der Waals surface area contributed by atoms with E-state index >= 15 is 0 Å². The second-order valence-corrected chi connectivity index (χ2v) is 3.55. The first-order chi connectivity index (χ1) is 6.13. The minimum absolute atomic E-state index is 0.346. The van der Waals surface area contributed by atoms with E-state index in [9.17, 15) is 0 Å². The molecule has 2 N–H and O–H groups in total. The van der Waals surface area contributed by atoms with Crippen LogP contribution in [0.3, 0.4) is 0 Å². The summed E-state index contributed by atoms with van der Waals surface area (Å²) in [5.74, 6) is 1.78. The van der Waals surface area contributed by atoms with Gasteiger partial charge in [0.2, 0.25) is 0 Å². The van der Waals surface area contributed by atoms with Crippen LogP contribution in [0, 0.1) is 0 Å². The highest BCUT2D eigenvalue weighted by atomic mass is 14.9. The van der Waals surface area contributed by atoms with Gasteiger partial charge < -0.3 is 5.73 Å². The van der Waals surface area contributed by atoms with Gasteiger partial charge in [-0.1, -0.05) is 27.2 Å². The number of aromatic nitrogens is 2. The molecule has 0 saturated carbocycles. The summed E-state index contributed by atoms with van der Waals surface area (Å²) in [5.41, 5.74) is 6.73. The molecule has 0 bridgehead atoms. The van der Waals surface area contributed by atoms with Gasteiger partial charge in [0.1, 0.15) is 11.6 Å². The summed E-state index contributed by atoms with van der Waals surface area (Å²) in [6.45, 7) is 6.28. The quantitative estimate of drug-likeness (QED) is 0.773. The molecule has 0 unspecified atom stereocenters. The first kappa shape index (κ1) is 9.96. The van der Waals surface area contributed by atoms with E-state index in [0.29, 0.717) is 11.7 Å². The van der Waals surface area contributed by atoms with Crippen LogP contribution in [0.2, 0.25) is 0 Å². The van der Waals surface area contributed by atoms with Gasteiger partial charge in [0.15, 0.2) is 0 Å². The highest BCUT2D eigenvalue weighted by Crippen LogP contribution is 2.12. The van der Waals surface area contributed by atoms with Gasteiger partial charge in [-0.25, -0.2) is 9.97 Å². The van der Waals surface area contributed by atoms with Crippen LogP contribution in [-0.4, -0.2) is 9.97 Å². The summed E-state index contributed by atoms with van der Waals surface area (Å²) >= 11 is 0. The van der Waals surface area contributed by atoms with Crippen molar-refractivity contribution >= 4 is 5.82 Å². The van der Waals surface area contributed by atoms with Crippen molar-refractivity contribution < 1.29 is 0 Å². The summed E-state index contributed by atoms with van der Waals surface area (Å²) in [5, 5.41) is 0. The summed E-state index contributed by atoms with van der Waals surface area (Å²) in [6.07, 6.45) is 2.07. The van der Waals surface area contributed by atoms with Crippen LogP contribution in [0.25, 0.3) is 0 Å². The number of anilines is 1. The van der Waals surface area contributed by atoms with Crippen LogP contribution in [-0.2, 0) is 6.42 Å². The topological polar surface area (TPSA) is 51.8 Å². The molecule has 1 heterocycles. The summed E-state index contributed by atoms with van der Waals surface area (Å²) in [6, 6.07) is 1.86. The number of nitrogens with two attached hydrogens (primary N) is 1. The molecule has 3 nitrogen and oxygen atoms in total. The Morgan fingerprint density at radius 1 is 1.38 bits per heavy atom. The van der Waals surface area contributed by atoms with Crippen LogP contribution in [0.15, 0.2) is 6.07 Å². The van der Waals surface area contributed by atoms with E-state index in [0.717, 1.165) is 24.4 Å². The second-order valence-electron chi connectivity index (χ2n) is 3.55. The molecule has 0 amide bonds. The van der Waals surface area contributed by atoms with E-state index < -0.39 is 0 Å². The Kier molecular flexibility index (Phi) is 3.23. The first-order valence-electron chi connectivity index (χ1n) is 4.76. The minimum Gasteiger partial charge on any atom is -0.384 e. The zero-order valence-corrected chi connectivity index (χ0v) is 8.54. The summed E-state index contributed by atoms with van der Waals surface area (Å²) in [7, 11) is 0. The number of hydrogen-bond donors (Lipinski definition) is 1. The van der Waals surface area contributed by atoms with E-state index in [4.69, 9.17) is 5.73 Å². The first-order valence-corrected chi connectivity index (χ1v) is 4.76. The number of hydrogen-bond acceptors (Lipinski definition) is 3. The maximum absolute atomic E-state index is 5.68. The van der Waals surface area contributed by atoms with Crippen molar-refractivity contribution in [2.24, 2.45) is 0 Å². The summed E-state index contributed by atoms with van der Waals surface area (Å²) in [4.78, 5) is 8.61. The predicted octanol–water partition coefficient (Wildman–Crippen LogP) is 2.13. The van der Waals surface area contributed by atoms with Crippen LogP contribution in [0.5, 0.6) is 0 Å². The third kappa shape index (κ3) is 2.68. The molecule has 0 aromatic carbocycles. The lowest BCUT2D eigenvalue weighted by atomic mass is 10.2. The van der Waals surface area contributed by atoms with Gasteiger partial charge in [0.05, 0.1) is 0 Å². The van der Waals surface area contributed by atoms with Crippen LogP contribution in [0.4, 0.5) is 5.82 Å². The molecule has 0 radical (unpaired) electrons. The van der Waals surface area contributed by atoms with Crippen molar-refractivity contribution in [1.82, 2.24) is 9.97 Å². The molecule has 0 fully saturated rings. The fraction of sp³-hybridized carbons (Fsp3) is 0.600. The number of rotatable bonds is 3. The van der Waals surface area contributed by atoms with E-state index in [-0.39, 0.29) is 0 Å². The molecular weight excluding hydrogens is 162 g/mol. The molecule has 0 aliphatic heterocycles. The Balaban J connectivity index is 2.96. The Hall–Kier alpha value is -1.12. The standard InChI is InChI=1S/C10H17N3/c1-4-5-8-6-9(11)13-10(12-8)7(2)3/h6-7H,4-5H2,1-3H3,(H2,11,12,13). The fourth-order valence-corrected chi connectivity index (χ4v) is 1.18. The van der Waals surface area contributed by atoms with Gasteiger partial charge in [0.25, 0.3) is 0 Å². The number of nitrogen functional groups attached to an aromatic ring is 1. The van der Waals surface area contributed by atoms with Crippen molar-refractivity contribution in [2.75, 3.05) is 5.73 Å². The lowest BCUT2D eigenvalue weighted by Gasteiger charge is -2.06. The van der Waals surface area contributed by atoms with E-state index in [1.807, 2.05) is 6.07 Å². The third-order valence-corrected chi connectivity index (χ3v) is 1.84. The molecule has 0 aliphatic carbocycles. The lowest BCUT2D eigenvalue weighted by molar-refractivity contribution is 0.751. The molecule has 1 rings (SSSR count). The molecule has 0 atom stereocenters. The largest absolute Gasteiger partial charge is 0.384 e. The van der Waals surface area contributed by atoms with Gasteiger partial charge in [-0.05, 0) is 6.42 Å². The van der Waals surface area contributed by atoms with Crippen LogP contribution in [0.1, 0.15) is 44.6 Å². The van der Waals surface area contributed by atoms with Gasteiger partial charge in [-0.2, -0.15) is 0 Å². The third-order valence-electron chi connectivity index (χ3n) is 1.84.